The van der Waals surface area contributed by atoms with E-state index < -0.39 is 104 Å². The summed E-state index contributed by atoms with van der Waals surface area (Å²) in [4.78, 5) is 15.0. The number of aliphatic hydroxyl groups is 10. The highest BCUT2D eigenvalue weighted by Gasteiger charge is 2.71. The average Bonchev–Trinajstić information content (AvgIpc) is 3.16. The maximum absolute atomic E-state index is 15.0. The van der Waals surface area contributed by atoms with Crippen molar-refractivity contribution >= 4 is 5.97 Å². The van der Waals surface area contributed by atoms with Crippen LogP contribution >= 0.6 is 0 Å². The molecule has 7 rings (SSSR count). The average molecular weight is 813 g/mol. The first-order chi connectivity index (χ1) is 26.6. The summed E-state index contributed by atoms with van der Waals surface area (Å²) in [5.74, 6) is -0.665. The van der Waals surface area contributed by atoms with Crippen molar-refractivity contribution in [1.29, 1.82) is 0 Å². The van der Waals surface area contributed by atoms with Gasteiger partial charge >= 0.3 is 5.97 Å². The Morgan fingerprint density at radius 2 is 1.35 bits per heavy atom. The summed E-state index contributed by atoms with van der Waals surface area (Å²) < 4.78 is 23.5. The predicted molar refractivity (Wildman–Crippen MR) is 200 cm³/mol. The number of esters is 1. The lowest BCUT2D eigenvalue weighted by molar-refractivity contribution is -0.363. The Hall–Kier alpha value is -1.31. The third-order valence-corrected chi connectivity index (χ3v) is 17.3. The van der Waals surface area contributed by atoms with Gasteiger partial charge in [-0.3, -0.25) is 4.79 Å². The van der Waals surface area contributed by atoms with Gasteiger partial charge in [0, 0.05) is 5.41 Å². The Morgan fingerprint density at radius 1 is 0.737 bits per heavy atom. The number of carbonyl (C=O) groups is 1. The molecule has 10 N–H and O–H groups in total. The predicted octanol–water partition coefficient (Wildman–Crippen LogP) is 0.260. The van der Waals surface area contributed by atoms with Gasteiger partial charge in [0.2, 0.25) is 6.29 Å². The summed E-state index contributed by atoms with van der Waals surface area (Å²) in [6.45, 7) is 11.6. The molecule has 2 heterocycles. The lowest BCUT2D eigenvalue weighted by Crippen LogP contribution is -2.68. The monoisotopic (exact) mass is 812 g/mol. The quantitative estimate of drug-likeness (QED) is 0.122. The number of carbonyl (C=O) groups excluding carboxylic acids is 1. The number of rotatable bonds is 7. The van der Waals surface area contributed by atoms with Crippen LogP contribution in [0.5, 0.6) is 0 Å². The molecule has 6 fully saturated rings. The molecule has 0 aromatic heterocycles. The normalized spacial score (nSPS) is 54.7. The van der Waals surface area contributed by atoms with Gasteiger partial charge < -0.3 is 70.0 Å². The summed E-state index contributed by atoms with van der Waals surface area (Å²) in [6.07, 6.45) is -10.4. The van der Waals surface area contributed by atoms with Crippen molar-refractivity contribution < 1.29 is 74.8 Å². The summed E-state index contributed by atoms with van der Waals surface area (Å²) >= 11 is 0. The van der Waals surface area contributed by atoms with Crippen LogP contribution in [0.1, 0.15) is 99.3 Å². The molecule has 0 spiro atoms. The first kappa shape index (κ1) is 43.8. The molecule has 0 bridgehead atoms. The van der Waals surface area contributed by atoms with E-state index in [0.717, 1.165) is 19.3 Å². The minimum atomic E-state index is -1.85. The molecule has 326 valence electrons. The highest BCUT2D eigenvalue weighted by atomic mass is 16.8. The van der Waals surface area contributed by atoms with E-state index >= 15 is 4.79 Å². The van der Waals surface area contributed by atoms with Gasteiger partial charge in [-0.05, 0) is 97.2 Å². The highest BCUT2D eigenvalue weighted by molar-refractivity contribution is 5.79. The van der Waals surface area contributed by atoms with Crippen LogP contribution in [0.4, 0.5) is 0 Å². The molecule has 2 saturated heterocycles. The molecule has 15 nitrogen and oxygen atoms in total. The minimum absolute atomic E-state index is 0.00144. The van der Waals surface area contributed by atoms with E-state index in [1.54, 1.807) is 0 Å². The second-order valence-electron chi connectivity index (χ2n) is 20.7. The van der Waals surface area contributed by atoms with Crippen molar-refractivity contribution in [3.8, 4) is 0 Å². The highest BCUT2D eigenvalue weighted by Crippen LogP contribution is 2.76. The fourth-order valence-corrected chi connectivity index (χ4v) is 13.6. The van der Waals surface area contributed by atoms with E-state index in [2.05, 4.69) is 40.7 Å². The van der Waals surface area contributed by atoms with Crippen LogP contribution in [0.3, 0.4) is 0 Å². The van der Waals surface area contributed by atoms with Gasteiger partial charge in [-0.2, -0.15) is 0 Å². The third kappa shape index (κ3) is 6.43. The smallest absolute Gasteiger partial charge is 0.315 e. The van der Waals surface area contributed by atoms with Crippen LogP contribution in [0.2, 0.25) is 0 Å². The van der Waals surface area contributed by atoms with Gasteiger partial charge in [-0.25, -0.2) is 0 Å². The second kappa shape index (κ2) is 14.9. The lowest BCUT2D eigenvalue weighted by Gasteiger charge is -2.71. The Labute approximate surface area is 335 Å². The largest absolute Gasteiger partial charge is 0.432 e. The van der Waals surface area contributed by atoms with Gasteiger partial charge in [0.15, 0.2) is 12.4 Å². The zero-order valence-corrected chi connectivity index (χ0v) is 34.2. The Bertz CT molecular complexity index is 1540. The number of hydrogen-bond acceptors (Lipinski definition) is 15. The maximum atomic E-state index is 15.0. The number of hydrogen-bond donors (Lipinski definition) is 10. The Kier molecular flexibility index (Phi) is 11.5. The fourth-order valence-electron chi connectivity index (χ4n) is 13.6. The summed E-state index contributed by atoms with van der Waals surface area (Å²) in [6, 6.07) is 0. The molecular weight excluding hydrogens is 744 g/mol. The molecule has 2 aliphatic heterocycles. The van der Waals surface area contributed by atoms with E-state index in [1.807, 2.05) is 6.92 Å². The van der Waals surface area contributed by atoms with Crippen LogP contribution in [0.15, 0.2) is 11.6 Å². The zero-order chi connectivity index (χ0) is 41.8. The molecule has 20 atom stereocenters. The van der Waals surface area contributed by atoms with Crippen LogP contribution < -0.4 is 0 Å². The molecular formula is C42H68O15. The van der Waals surface area contributed by atoms with E-state index in [-0.39, 0.29) is 46.0 Å². The van der Waals surface area contributed by atoms with Crippen molar-refractivity contribution in [3.63, 3.8) is 0 Å². The first-order valence-electron chi connectivity index (χ1n) is 21.1. The molecule has 57 heavy (non-hydrogen) atoms. The number of allylic oxidation sites excluding steroid dienone is 2. The van der Waals surface area contributed by atoms with Crippen molar-refractivity contribution in [1.82, 2.24) is 0 Å². The van der Waals surface area contributed by atoms with E-state index in [4.69, 9.17) is 18.9 Å². The third-order valence-electron chi connectivity index (χ3n) is 17.3. The lowest BCUT2D eigenvalue weighted by atomic mass is 9.33. The second-order valence-corrected chi connectivity index (χ2v) is 20.7. The number of ether oxygens (including phenoxy) is 4. The molecule has 5 aliphatic carbocycles. The van der Waals surface area contributed by atoms with Gasteiger partial charge in [0.05, 0.1) is 37.4 Å². The van der Waals surface area contributed by atoms with Crippen molar-refractivity contribution in [2.75, 3.05) is 19.8 Å². The molecule has 0 radical (unpaired) electrons. The molecule has 0 amide bonds. The van der Waals surface area contributed by atoms with Crippen molar-refractivity contribution in [3.05, 3.63) is 11.6 Å². The minimum Gasteiger partial charge on any atom is -0.432 e. The summed E-state index contributed by atoms with van der Waals surface area (Å²) in [5.41, 5.74) is -1.68. The topological polar surface area (TPSA) is 256 Å². The van der Waals surface area contributed by atoms with Gasteiger partial charge in [-0.15, -0.1) is 0 Å². The van der Waals surface area contributed by atoms with Gasteiger partial charge in [-0.1, -0.05) is 53.2 Å². The van der Waals surface area contributed by atoms with Crippen LogP contribution in [-0.4, -0.2) is 150 Å². The van der Waals surface area contributed by atoms with E-state index in [9.17, 15) is 51.1 Å². The SMILES string of the molecule is CC1(C)CC[C@]2(C(=O)O[C@@H]3O[C@H](CO)[C@@H](O)[C@H](O)[C@H]3O[C@@H]3O[C@H](CO)[C@@H](O)[C@H](O)[C@H]3O)CC[C@]3(C)C(=CC[C@@H]4[C@@]5(C)C[C@@H](O)[C@H](O)[C@@](C)(CO)[C@@H]5CC[C@]43C)[C@@H]2C1. The number of aliphatic hydroxyl groups excluding tert-OH is 10. The zero-order valence-electron chi connectivity index (χ0n) is 34.2. The van der Waals surface area contributed by atoms with E-state index in [1.165, 1.54) is 5.57 Å². The molecule has 0 aromatic rings. The van der Waals surface area contributed by atoms with Crippen molar-refractivity contribution in [2.24, 2.45) is 50.2 Å². The molecule has 4 saturated carbocycles. The number of fused-ring (bicyclic) bond motifs is 7. The standard InChI is InChI=1S/C42H68O15/c1-37(2)11-13-42(36(53)57-35-32(30(50)28(48)24(18-44)55-35)56-34-31(51)29(49)27(47)23(17-43)54-34)14-12-40(5)20(21(42)15-37)7-8-26-38(3)16-22(46)33(52)39(4,19-45)25(38)9-10-41(26,40)6/h7,21-35,43-52H,8-19H2,1-6H3/t21-,22+,23+,24+,25+,26+,27+,28+,29-,30-,31+,32+,33-,34-,35-,38-,39-,40+,41+,42-/m0/s1. The molecule has 0 unspecified atom stereocenters. The summed E-state index contributed by atoms with van der Waals surface area (Å²) in [5, 5.41) is 106. The van der Waals surface area contributed by atoms with Gasteiger partial charge in [0.25, 0.3) is 0 Å². The molecule has 15 heteroatoms. The van der Waals surface area contributed by atoms with Crippen LogP contribution in [-0.2, 0) is 23.7 Å². The Balaban J connectivity index is 1.21. The summed E-state index contributed by atoms with van der Waals surface area (Å²) in [7, 11) is 0. The van der Waals surface area contributed by atoms with Crippen LogP contribution in [0.25, 0.3) is 0 Å². The van der Waals surface area contributed by atoms with Crippen LogP contribution in [0, 0.1) is 50.2 Å². The fraction of sp³-hybridized carbons (Fsp3) is 0.929. The van der Waals surface area contributed by atoms with Gasteiger partial charge in [0.1, 0.15) is 42.7 Å². The molecule has 0 aromatic carbocycles. The maximum Gasteiger partial charge on any atom is 0.315 e. The van der Waals surface area contributed by atoms with E-state index in [0.29, 0.717) is 38.5 Å². The Morgan fingerprint density at radius 3 is 1.98 bits per heavy atom. The first-order valence-corrected chi connectivity index (χ1v) is 21.1. The molecule has 7 aliphatic rings. The van der Waals surface area contributed by atoms with Crippen molar-refractivity contribution in [2.45, 2.75) is 173 Å².